The second-order valence-electron chi connectivity index (χ2n) is 7.78. The molecule has 1 amide bonds. The zero-order chi connectivity index (χ0) is 19.7. The molecule has 2 aromatic carbocycles. The predicted octanol–water partition coefficient (Wildman–Crippen LogP) is 3.05. The Kier molecular flexibility index (Phi) is 4.94. The molecule has 1 saturated heterocycles. The second-order valence-corrected chi connectivity index (χ2v) is 7.78. The minimum Gasteiger partial charge on any atom is -0.468 e. The summed E-state index contributed by atoms with van der Waals surface area (Å²) in [7, 11) is 1.36. The van der Waals surface area contributed by atoms with Gasteiger partial charge in [-0.3, -0.25) is 14.5 Å². The first-order valence-electron chi connectivity index (χ1n) is 9.80. The molecule has 0 aromatic heterocycles. The molecule has 0 saturated carbocycles. The summed E-state index contributed by atoms with van der Waals surface area (Å²) in [6, 6.07) is 16.4. The highest BCUT2D eigenvalue weighted by Crippen LogP contribution is 2.49. The maximum absolute atomic E-state index is 13.5. The summed E-state index contributed by atoms with van der Waals surface area (Å²) < 4.78 is 4.82. The molecule has 2 heterocycles. The fourth-order valence-corrected chi connectivity index (χ4v) is 4.72. The van der Waals surface area contributed by atoms with Crippen LogP contribution in [0.2, 0.25) is 0 Å². The van der Waals surface area contributed by atoms with Crippen LogP contribution in [0.3, 0.4) is 0 Å². The van der Waals surface area contributed by atoms with Crippen molar-refractivity contribution >= 4 is 17.6 Å². The van der Waals surface area contributed by atoms with Gasteiger partial charge in [-0.1, -0.05) is 42.5 Å². The molecule has 5 nitrogen and oxygen atoms in total. The van der Waals surface area contributed by atoms with E-state index in [9.17, 15) is 9.59 Å². The van der Waals surface area contributed by atoms with E-state index in [1.165, 1.54) is 12.7 Å². The Morgan fingerprint density at radius 1 is 1.07 bits per heavy atom. The van der Waals surface area contributed by atoms with Crippen molar-refractivity contribution < 1.29 is 14.3 Å². The third kappa shape index (κ3) is 3.10. The molecule has 0 atom stereocenters. The van der Waals surface area contributed by atoms with Gasteiger partial charge in [-0.2, -0.15) is 0 Å². The summed E-state index contributed by atoms with van der Waals surface area (Å²) in [5.41, 5.74) is 3.85. The number of carbonyl (C=O) groups is 2. The zero-order valence-electron chi connectivity index (χ0n) is 16.5. The molecule has 0 N–H and O–H groups in total. The van der Waals surface area contributed by atoms with E-state index in [1.54, 1.807) is 4.90 Å². The number of hydrogen-bond acceptors (Lipinski definition) is 4. The third-order valence-corrected chi connectivity index (χ3v) is 6.15. The molecule has 0 radical (unpaired) electrons. The number of likely N-dealkylation sites (tertiary alicyclic amines) is 1. The number of piperidine rings is 1. The number of anilines is 1. The van der Waals surface area contributed by atoms with Crippen LogP contribution in [0.15, 0.2) is 48.5 Å². The van der Waals surface area contributed by atoms with Gasteiger partial charge in [0.2, 0.25) is 5.91 Å². The first-order chi connectivity index (χ1) is 13.5. The van der Waals surface area contributed by atoms with Gasteiger partial charge in [-0.15, -0.1) is 0 Å². The minimum atomic E-state index is -0.526. The summed E-state index contributed by atoms with van der Waals surface area (Å²) in [6.45, 7) is 4.66. The Balaban J connectivity index is 1.59. The molecule has 2 aliphatic rings. The van der Waals surface area contributed by atoms with Crippen LogP contribution in [0.25, 0.3) is 0 Å². The van der Waals surface area contributed by atoms with Crippen LogP contribution in [0.1, 0.15) is 29.5 Å². The molecule has 146 valence electrons. The standard InChI is InChI=1S/C23H26N2O3/c1-17-7-6-10-19-21(17)23(22(27)25(19)16-20(26)28-2)11-13-24(14-12-23)15-18-8-4-3-5-9-18/h3-10H,11-16H2,1-2H3. The zero-order valence-corrected chi connectivity index (χ0v) is 16.5. The van der Waals surface area contributed by atoms with Crippen molar-refractivity contribution in [1.29, 1.82) is 0 Å². The molecular formula is C23H26N2O3. The molecular weight excluding hydrogens is 352 g/mol. The lowest BCUT2D eigenvalue weighted by Gasteiger charge is -2.39. The number of hydrogen-bond donors (Lipinski definition) is 0. The number of amides is 1. The van der Waals surface area contributed by atoms with Crippen molar-refractivity contribution in [3.8, 4) is 0 Å². The Bertz CT molecular complexity index is 886. The maximum atomic E-state index is 13.5. The average Bonchev–Trinajstić information content (AvgIpc) is 2.94. The van der Waals surface area contributed by atoms with Gasteiger partial charge in [0, 0.05) is 12.2 Å². The fraction of sp³-hybridized carbons (Fsp3) is 0.391. The van der Waals surface area contributed by atoms with E-state index >= 15 is 0 Å². The number of esters is 1. The van der Waals surface area contributed by atoms with Crippen molar-refractivity contribution in [2.45, 2.75) is 31.7 Å². The molecule has 2 aromatic rings. The van der Waals surface area contributed by atoms with Crippen molar-refractivity contribution in [3.05, 3.63) is 65.2 Å². The topological polar surface area (TPSA) is 49.9 Å². The first kappa shape index (κ1) is 18.7. The number of rotatable bonds is 4. The van der Waals surface area contributed by atoms with Crippen molar-refractivity contribution in [2.75, 3.05) is 31.6 Å². The number of carbonyl (C=O) groups excluding carboxylic acids is 2. The molecule has 0 unspecified atom stereocenters. The molecule has 1 spiro atoms. The minimum absolute atomic E-state index is 0.0265. The van der Waals surface area contributed by atoms with Gasteiger partial charge < -0.3 is 9.64 Å². The van der Waals surface area contributed by atoms with E-state index in [0.717, 1.165) is 49.3 Å². The lowest BCUT2D eigenvalue weighted by Crippen LogP contribution is -2.49. The molecule has 0 aliphatic carbocycles. The van der Waals surface area contributed by atoms with Crippen LogP contribution in [0, 0.1) is 6.92 Å². The van der Waals surface area contributed by atoms with E-state index in [1.807, 2.05) is 18.2 Å². The first-order valence-corrected chi connectivity index (χ1v) is 9.80. The Hall–Kier alpha value is -2.66. The summed E-state index contributed by atoms with van der Waals surface area (Å²) in [4.78, 5) is 29.5. The molecule has 4 rings (SSSR count). The molecule has 2 aliphatic heterocycles. The van der Waals surface area contributed by atoms with Gasteiger partial charge >= 0.3 is 5.97 Å². The number of nitrogens with zero attached hydrogens (tertiary/aromatic N) is 2. The van der Waals surface area contributed by atoms with Gasteiger partial charge in [0.05, 0.1) is 12.5 Å². The number of benzene rings is 2. The van der Waals surface area contributed by atoms with Crippen LogP contribution in [-0.2, 0) is 26.3 Å². The highest BCUT2D eigenvalue weighted by molar-refractivity contribution is 6.10. The molecule has 28 heavy (non-hydrogen) atoms. The lowest BCUT2D eigenvalue weighted by molar-refractivity contribution is -0.140. The van der Waals surface area contributed by atoms with E-state index in [4.69, 9.17) is 4.74 Å². The van der Waals surface area contributed by atoms with Gasteiger partial charge in [-0.05, 0) is 55.6 Å². The normalized spacial score (nSPS) is 18.4. The van der Waals surface area contributed by atoms with Crippen LogP contribution in [0.5, 0.6) is 0 Å². The van der Waals surface area contributed by atoms with Crippen molar-refractivity contribution in [2.24, 2.45) is 0 Å². The summed E-state index contributed by atoms with van der Waals surface area (Å²) in [6.07, 6.45) is 1.54. The number of fused-ring (bicyclic) bond motifs is 2. The highest BCUT2D eigenvalue weighted by Gasteiger charge is 2.53. The quantitative estimate of drug-likeness (QED) is 0.768. The summed E-state index contributed by atoms with van der Waals surface area (Å²) in [5, 5.41) is 0. The predicted molar refractivity (Wildman–Crippen MR) is 108 cm³/mol. The van der Waals surface area contributed by atoms with Gasteiger partial charge in [-0.25, -0.2) is 0 Å². The monoisotopic (exact) mass is 378 g/mol. The number of methoxy groups -OCH3 is 1. The summed E-state index contributed by atoms with van der Waals surface area (Å²) >= 11 is 0. The molecule has 5 heteroatoms. The van der Waals surface area contributed by atoms with Crippen molar-refractivity contribution in [3.63, 3.8) is 0 Å². The van der Waals surface area contributed by atoms with Crippen LogP contribution in [-0.4, -0.2) is 43.5 Å². The van der Waals surface area contributed by atoms with E-state index < -0.39 is 5.41 Å². The third-order valence-electron chi connectivity index (χ3n) is 6.15. The van der Waals surface area contributed by atoms with E-state index in [-0.39, 0.29) is 18.4 Å². The number of aryl methyl sites for hydroxylation is 1. The molecule has 1 fully saturated rings. The smallest absolute Gasteiger partial charge is 0.325 e. The summed E-state index contributed by atoms with van der Waals surface area (Å²) in [5.74, 6) is -0.346. The highest BCUT2D eigenvalue weighted by atomic mass is 16.5. The van der Waals surface area contributed by atoms with Gasteiger partial charge in [0.15, 0.2) is 0 Å². The molecule has 0 bridgehead atoms. The average molecular weight is 378 g/mol. The van der Waals surface area contributed by atoms with Crippen molar-refractivity contribution in [1.82, 2.24) is 4.90 Å². The Morgan fingerprint density at radius 2 is 1.79 bits per heavy atom. The maximum Gasteiger partial charge on any atom is 0.325 e. The van der Waals surface area contributed by atoms with Crippen LogP contribution in [0.4, 0.5) is 5.69 Å². The lowest BCUT2D eigenvalue weighted by atomic mass is 9.72. The SMILES string of the molecule is COC(=O)CN1C(=O)C2(CCN(Cc3ccccc3)CC2)c2c(C)cccc21. The Morgan fingerprint density at radius 3 is 2.46 bits per heavy atom. The van der Waals surface area contributed by atoms with Gasteiger partial charge in [0.25, 0.3) is 0 Å². The fourth-order valence-electron chi connectivity index (χ4n) is 4.72. The van der Waals surface area contributed by atoms with Gasteiger partial charge in [0.1, 0.15) is 6.54 Å². The van der Waals surface area contributed by atoms with Crippen LogP contribution < -0.4 is 4.90 Å². The van der Waals surface area contributed by atoms with E-state index in [0.29, 0.717) is 0 Å². The Labute approximate surface area is 165 Å². The largest absolute Gasteiger partial charge is 0.468 e. The van der Waals surface area contributed by atoms with Crippen LogP contribution >= 0.6 is 0 Å². The number of ether oxygens (including phenoxy) is 1. The second kappa shape index (κ2) is 7.40. The van der Waals surface area contributed by atoms with E-state index in [2.05, 4.69) is 42.2 Å².